The van der Waals surface area contributed by atoms with Crippen molar-refractivity contribution < 1.29 is 9.59 Å². The summed E-state index contributed by atoms with van der Waals surface area (Å²) in [7, 11) is 0. The first-order valence-electron chi connectivity index (χ1n) is 10.7. The van der Waals surface area contributed by atoms with Crippen LogP contribution in [0.25, 0.3) is 5.69 Å². The van der Waals surface area contributed by atoms with Crippen molar-refractivity contribution >= 4 is 17.6 Å². The predicted molar refractivity (Wildman–Crippen MR) is 120 cm³/mol. The Morgan fingerprint density at radius 3 is 2.55 bits per heavy atom. The zero-order valence-corrected chi connectivity index (χ0v) is 17.4. The molecule has 2 aromatic carbocycles. The first kappa shape index (κ1) is 20.7. The van der Waals surface area contributed by atoms with E-state index in [9.17, 15) is 9.59 Å². The molecule has 1 aromatic heterocycles. The Labute approximate surface area is 182 Å². The molecule has 1 aliphatic rings. The lowest BCUT2D eigenvalue weighted by atomic mass is 10.0. The zero-order chi connectivity index (χ0) is 21.5. The van der Waals surface area contributed by atoms with E-state index in [-0.39, 0.29) is 18.0 Å². The van der Waals surface area contributed by atoms with Gasteiger partial charge < -0.3 is 15.5 Å². The lowest BCUT2D eigenvalue weighted by Gasteiger charge is -2.32. The summed E-state index contributed by atoms with van der Waals surface area (Å²) >= 11 is 0. The third-order valence-electron chi connectivity index (χ3n) is 5.50. The first-order chi connectivity index (χ1) is 15.2. The summed E-state index contributed by atoms with van der Waals surface area (Å²) in [5.41, 5.74) is 2.79. The number of likely N-dealkylation sites (tertiary alicyclic amines) is 1. The topological polar surface area (TPSA) is 79.3 Å². The van der Waals surface area contributed by atoms with E-state index >= 15 is 0 Å². The minimum absolute atomic E-state index is 0.0715. The zero-order valence-electron chi connectivity index (χ0n) is 17.4. The Morgan fingerprint density at radius 2 is 1.81 bits per heavy atom. The van der Waals surface area contributed by atoms with E-state index in [0.717, 1.165) is 30.6 Å². The number of amides is 3. The summed E-state index contributed by atoms with van der Waals surface area (Å²) in [5, 5.41) is 10.3. The van der Waals surface area contributed by atoms with Crippen LogP contribution in [-0.2, 0) is 11.2 Å². The minimum Gasteiger partial charge on any atom is -0.353 e. The van der Waals surface area contributed by atoms with Gasteiger partial charge in [0.25, 0.3) is 0 Å². The summed E-state index contributed by atoms with van der Waals surface area (Å²) < 4.78 is 1.75. The fraction of sp³-hybridized carbons (Fsp3) is 0.292. The molecule has 0 unspecified atom stereocenters. The third kappa shape index (κ3) is 5.72. The van der Waals surface area contributed by atoms with Gasteiger partial charge in [0.05, 0.1) is 5.69 Å². The van der Waals surface area contributed by atoms with Gasteiger partial charge in [0, 0.05) is 43.6 Å². The molecule has 7 nitrogen and oxygen atoms in total. The summed E-state index contributed by atoms with van der Waals surface area (Å²) in [6.45, 7) is 1.24. The van der Waals surface area contributed by atoms with Crippen LogP contribution in [0.15, 0.2) is 73.1 Å². The Hall–Kier alpha value is -3.61. The standard InChI is InChI=1S/C24H27N5O2/c30-23(11-10-19-6-2-1-3-7-19)26-20-12-16-28(17-13-20)24(31)27-21-8-4-9-22(18-21)29-15-5-14-25-29/h1-9,14-15,18,20H,10-13,16-17H2,(H,26,30)(H,27,31). The lowest BCUT2D eigenvalue weighted by Crippen LogP contribution is -2.47. The smallest absolute Gasteiger partial charge is 0.321 e. The maximum absolute atomic E-state index is 12.7. The quantitative estimate of drug-likeness (QED) is 0.643. The molecule has 1 saturated heterocycles. The molecule has 0 atom stereocenters. The van der Waals surface area contributed by atoms with Crippen LogP contribution in [0.5, 0.6) is 0 Å². The molecule has 4 rings (SSSR count). The molecule has 3 aromatic rings. The summed E-state index contributed by atoms with van der Waals surface area (Å²) in [5.74, 6) is 0.0715. The Balaban J connectivity index is 1.22. The van der Waals surface area contributed by atoms with Gasteiger partial charge in [0.15, 0.2) is 0 Å². The number of nitrogens with zero attached hydrogens (tertiary/aromatic N) is 3. The van der Waals surface area contributed by atoms with Crippen LogP contribution in [0.3, 0.4) is 0 Å². The van der Waals surface area contributed by atoms with Gasteiger partial charge in [-0.25, -0.2) is 9.48 Å². The summed E-state index contributed by atoms with van der Waals surface area (Å²) in [6.07, 6.45) is 6.33. The number of hydrogen-bond donors (Lipinski definition) is 2. The number of nitrogens with one attached hydrogen (secondary N) is 2. The van der Waals surface area contributed by atoms with Crippen molar-refractivity contribution in [1.29, 1.82) is 0 Å². The second kappa shape index (κ2) is 9.93. The molecule has 0 radical (unpaired) electrons. The highest BCUT2D eigenvalue weighted by atomic mass is 16.2. The molecule has 2 N–H and O–H groups in total. The summed E-state index contributed by atoms with van der Waals surface area (Å²) in [6, 6.07) is 19.5. The van der Waals surface area contributed by atoms with Crippen molar-refractivity contribution in [3.05, 3.63) is 78.6 Å². The molecule has 2 heterocycles. The van der Waals surface area contributed by atoms with Gasteiger partial charge in [-0.3, -0.25) is 4.79 Å². The number of carbonyl (C=O) groups excluding carboxylic acids is 2. The van der Waals surface area contributed by atoms with Crippen LogP contribution in [0.2, 0.25) is 0 Å². The predicted octanol–water partition coefficient (Wildman–Crippen LogP) is 3.62. The number of urea groups is 1. The van der Waals surface area contributed by atoms with Gasteiger partial charge in [-0.1, -0.05) is 36.4 Å². The normalized spacial score (nSPS) is 14.3. The monoisotopic (exact) mass is 417 g/mol. The van der Waals surface area contributed by atoms with Crippen molar-refractivity contribution in [3.8, 4) is 5.69 Å². The molecule has 0 bridgehead atoms. The second-order valence-electron chi connectivity index (χ2n) is 7.75. The molecule has 3 amide bonds. The van der Waals surface area contributed by atoms with E-state index < -0.39 is 0 Å². The van der Waals surface area contributed by atoms with Crippen LogP contribution in [0.1, 0.15) is 24.8 Å². The van der Waals surface area contributed by atoms with Gasteiger partial charge in [0.2, 0.25) is 5.91 Å². The van der Waals surface area contributed by atoms with Crippen molar-refractivity contribution in [3.63, 3.8) is 0 Å². The Bertz CT molecular complexity index is 996. The number of carbonyl (C=O) groups is 2. The Kier molecular flexibility index (Phi) is 6.62. The van der Waals surface area contributed by atoms with Crippen LogP contribution in [0.4, 0.5) is 10.5 Å². The highest BCUT2D eigenvalue weighted by molar-refractivity contribution is 5.89. The van der Waals surface area contributed by atoms with Crippen molar-refractivity contribution in [2.24, 2.45) is 0 Å². The maximum Gasteiger partial charge on any atom is 0.321 e. The number of hydrogen-bond acceptors (Lipinski definition) is 3. The molecule has 0 aliphatic carbocycles. The third-order valence-corrected chi connectivity index (χ3v) is 5.50. The van der Waals surface area contributed by atoms with Crippen LogP contribution < -0.4 is 10.6 Å². The van der Waals surface area contributed by atoms with E-state index in [1.54, 1.807) is 15.8 Å². The van der Waals surface area contributed by atoms with Crippen LogP contribution in [-0.4, -0.2) is 45.8 Å². The van der Waals surface area contributed by atoms with E-state index in [0.29, 0.717) is 19.5 Å². The van der Waals surface area contributed by atoms with E-state index in [2.05, 4.69) is 15.7 Å². The number of benzene rings is 2. The van der Waals surface area contributed by atoms with Crippen LogP contribution >= 0.6 is 0 Å². The molecule has 160 valence electrons. The number of anilines is 1. The van der Waals surface area contributed by atoms with Gasteiger partial charge in [-0.2, -0.15) is 5.10 Å². The van der Waals surface area contributed by atoms with Crippen molar-refractivity contribution in [2.45, 2.75) is 31.7 Å². The van der Waals surface area contributed by atoms with Gasteiger partial charge in [0.1, 0.15) is 0 Å². The SMILES string of the molecule is O=C(CCc1ccccc1)NC1CCN(C(=O)Nc2cccc(-n3cccn3)c2)CC1. The first-order valence-corrected chi connectivity index (χ1v) is 10.7. The summed E-state index contributed by atoms with van der Waals surface area (Å²) in [4.78, 5) is 26.7. The van der Waals surface area contributed by atoms with E-state index in [1.807, 2.05) is 66.9 Å². The van der Waals surface area contributed by atoms with Crippen LogP contribution in [0, 0.1) is 0 Å². The number of rotatable bonds is 6. The Morgan fingerprint density at radius 1 is 1.00 bits per heavy atom. The van der Waals surface area contributed by atoms with Gasteiger partial charge in [-0.05, 0) is 49.1 Å². The van der Waals surface area contributed by atoms with Crippen molar-refractivity contribution in [1.82, 2.24) is 20.0 Å². The average molecular weight is 418 g/mol. The van der Waals surface area contributed by atoms with E-state index in [4.69, 9.17) is 0 Å². The van der Waals surface area contributed by atoms with Gasteiger partial charge >= 0.3 is 6.03 Å². The molecule has 0 saturated carbocycles. The molecular weight excluding hydrogens is 390 g/mol. The van der Waals surface area contributed by atoms with Gasteiger partial charge in [-0.15, -0.1) is 0 Å². The number of aryl methyl sites for hydroxylation is 1. The van der Waals surface area contributed by atoms with E-state index in [1.165, 1.54) is 5.56 Å². The average Bonchev–Trinajstić information content (AvgIpc) is 3.34. The van der Waals surface area contributed by atoms with Crippen molar-refractivity contribution in [2.75, 3.05) is 18.4 Å². The molecule has 7 heteroatoms. The molecule has 31 heavy (non-hydrogen) atoms. The lowest BCUT2D eigenvalue weighted by molar-refractivity contribution is -0.122. The molecular formula is C24H27N5O2. The molecule has 1 aliphatic heterocycles. The molecule has 0 spiro atoms. The second-order valence-corrected chi connectivity index (χ2v) is 7.75. The number of aromatic nitrogens is 2. The number of piperidine rings is 1. The largest absolute Gasteiger partial charge is 0.353 e. The minimum atomic E-state index is -0.119. The fourth-order valence-electron chi connectivity index (χ4n) is 3.78. The molecule has 1 fully saturated rings. The highest BCUT2D eigenvalue weighted by Gasteiger charge is 2.24. The fourth-order valence-corrected chi connectivity index (χ4v) is 3.78. The maximum atomic E-state index is 12.7. The highest BCUT2D eigenvalue weighted by Crippen LogP contribution is 2.17.